The van der Waals surface area contributed by atoms with Crippen molar-refractivity contribution in [3.8, 4) is 0 Å². The molecular weight excluding hydrogens is 183 g/mol. The van der Waals surface area contributed by atoms with Gasteiger partial charge in [-0.05, 0) is 11.1 Å². The van der Waals surface area contributed by atoms with Gasteiger partial charge >= 0.3 is 0 Å². The fourth-order valence-electron chi connectivity index (χ4n) is 0.737. The molecule has 0 saturated carbocycles. The van der Waals surface area contributed by atoms with E-state index in [1.165, 1.54) is 0 Å². The fourth-order valence-corrected chi connectivity index (χ4v) is 3.01. The molecular formula is C7H16Cl2Si. The number of rotatable bonds is 3. The number of hydrogen-bond donors (Lipinski definition) is 0. The van der Waals surface area contributed by atoms with Crippen LogP contribution in [0.25, 0.3) is 0 Å². The van der Waals surface area contributed by atoms with Gasteiger partial charge in [-0.2, -0.15) is 0 Å². The Morgan fingerprint density at radius 2 is 1.60 bits per heavy atom. The summed E-state index contributed by atoms with van der Waals surface area (Å²) in [6.45, 7) is 6.56. The van der Waals surface area contributed by atoms with Crippen LogP contribution in [-0.4, -0.2) is 6.69 Å². The topological polar surface area (TPSA) is 0 Å². The number of halogens is 2. The van der Waals surface area contributed by atoms with Gasteiger partial charge in [0.05, 0.1) is 0 Å². The van der Waals surface area contributed by atoms with Gasteiger partial charge in [-0.3, -0.25) is 0 Å². The highest BCUT2D eigenvalue weighted by molar-refractivity contribution is 7.46. The molecule has 0 atom stereocenters. The highest BCUT2D eigenvalue weighted by Crippen LogP contribution is 2.47. The summed E-state index contributed by atoms with van der Waals surface area (Å²) in [5.74, 6) is 0. The molecule has 62 valence electrons. The largest absolute Gasteiger partial charge is 0.256 e. The molecule has 0 aromatic carbocycles. The first-order valence-corrected chi connectivity index (χ1v) is 7.98. The van der Waals surface area contributed by atoms with E-state index in [4.69, 9.17) is 22.2 Å². The zero-order valence-corrected chi connectivity index (χ0v) is 9.68. The molecule has 0 N–H and O–H groups in total. The summed E-state index contributed by atoms with van der Waals surface area (Å²) in [4.78, 5) is 0. The van der Waals surface area contributed by atoms with Crippen LogP contribution in [0.5, 0.6) is 0 Å². The Morgan fingerprint density at radius 3 is 1.70 bits per heavy atom. The fraction of sp³-hybridized carbons (Fsp3) is 1.00. The number of hydrogen-bond acceptors (Lipinski definition) is 0. The van der Waals surface area contributed by atoms with Gasteiger partial charge in [0.15, 0.2) is 0 Å². The van der Waals surface area contributed by atoms with Crippen LogP contribution >= 0.6 is 22.2 Å². The van der Waals surface area contributed by atoms with E-state index in [0.29, 0.717) is 0 Å². The summed E-state index contributed by atoms with van der Waals surface area (Å²) in [6, 6.07) is 0.941. The molecule has 0 saturated heterocycles. The first-order chi connectivity index (χ1) is 4.37. The minimum Gasteiger partial charge on any atom is -0.145 e. The maximum absolute atomic E-state index is 6.22. The van der Waals surface area contributed by atoms with Crippen LogP contribution in [0.3, 0.4) is 0 Å². The first kappa shape index (κ1) is 10.8. The molecule has 0 heterocycles. The van der Waals surface area contributed by atoms with E-state index in [-0.39, 0.29) is 5.04 Å². The Bertz CT molecular complexity index is 96.2. The van der Waals surface area contributed by atoms with Gasteiger partial charge in [-0.1, -0.05) is 34.1 Å². The van der Waals surface area contributed by atoms with Crippen LogP contribution < -0.4 is 0 Å². The van der Waals surface area contributed by atoms with Gasteiger partial charge in [0.1, 0.15) is 0 Å². The highest BCUT2D eigenvalue weighted by atomic mass is 35.7. The normalized spacial score (nSPS) is 13.8. The molecule has 0 aromatic rings. The molecule has 0 aliphatic rings. The third-order valence-electron chi connectivity index (χ3n) is 2.32. The minimum absolute atomic E-state index is 0.158. The van der Waals surface area contributed by atoms with E-state index in [1.54, 1.807) is 0 Å². The van der Waals surface area contributed by atoms with E-state index >= 15 is 0 Å². The van der Waals surface area contributed by atoms with Gasteiger partial charge < -0.3 is 0 Å². The van der Waals surface area contributed by atoms with Gasteiger partial charge in [0.25, 0.3) is 6.69 Å². The highest BCUT2D eigenvalue weighted by Gasteiger charge is 2.42. The molecule has 0 spiro atoms. The molecule has 0 aliphatic heterocycles. The Kier molecular flexibility index (Phi) is 3.74. The molecule has 0 aromatic heterocycles. The zero-order chi connectivity index (χ0) is 8.41. The lowest BCUT2D eigenvalue weighted by Crippen LogP contribution is -2.32. The lowest BCUT2D eigenvalue weighted by atomic mass is 10.1. The molecule has 0 unspecified atom stereocenters. The predicted octanol–water partition coefficient (Wildman–Crippen LogP) is 4.12. The van der Waals surface area contributed by atoms with Gasteiger partial charge in [0.2, 0.25) is 0 Å². The molecule has 0 fully saturated rings. The molecule has 10 heavy (non-hydrogen) atoms. The SMILES string of the molecule is CCC(C)(C)[Si](Cl)(Cl)CC. The Labute approximate surface area is 74.3 Å². The van der Waals surface area contributed by atoms with Crippen molar-refractivity contribution in [2.45, 2.75) is 45.2 Å². The zero-order valence-electron chi connectivity index (χ0n) is 7.17. The van der Waals surface area contributed by atoms with E-state index in [0.717, 1.165) is 12.5 Å². The van der Waals surface area contributed by atoms with Crippen molar-refractivity contribution >= 4 is 28.9 Å². The molecule has 0 aliphatic carbocycles. The van der Waals surface area contributed by atoms with Gasteiger partial charge in [-0.15, -0.1) is 22.2 Å². The monoisotopic (exact) mass is 198 g/mol. The molecule has 0 amide bonds. The van der Waals surface area contributed by atoms with Crippen LogP contribution in [0.1, 0.15) is 34.1 Å². The summed E-state index contributed by atoms with van der Waals surface area (Å²) in [6.07, 6.45) is 1.07. The Balaban J connectivity index is 4.28. The summed E-state index contributed by atoms with van der Waals surface area (Å²) >= 11 is 12.4. The van der Waals surface area contributed by atoms with Crippen molar-refractivity contribution in [3.05, 3.63) is 0 Å². The summed E-state index contributed by atoms with van der Waals surface area (Å²) in [5, 5.41) is 0.158. The lowest BCUT2D eigenvalue weighted by molar-refractivity contribution is 0.633. The van der Waals surface area contributed by atoms with Crippen molar-refractivity contribution in [1.29, 1.82) is 0 Å². The third kappa shape index (κ3) is 2.14. The smallest absolute Gasteiger partial charge is 0.145 e. The van der Waals surface area contributed by atoms with E-state index in [9.17, 15) is 0 Å². The van der Waals surface area contributed by atoms with Crippen LogP contribution in [0, 0.1) is 0 Å². The molecule has 0 nitrogen and oxygen atoms in total. The second-order valence-corrected chi connectivity index (χ2v) is 11.2. The maximum atomic E-state index is 6.22. The second-order valence-electron chi connectivity index (χ2n) is 3.30. The van der Waals surface area contributed by atoms with Gasteiger partial charge in [-0.25, -0.2) is 0 Å². The predicted molar refractivity (Wildman–Crippen MR) is 52.3 cm³/mol. The third-order valence-corrected chi connectivity index (χ3v) is 10.2. The van der Waals surface area contributed by atoms with Gasteiger partial charge in [0, 0.05) is 0 Å². The molecule has 0 rings (SSSR count). The Hall–Kier alpha value is 0.797. The van der Waals surface area contributed by atoms with E-state index in [1.807, 2.05) is 0 Å². The van der Waals surface area contributed by atoms with Crippen LogP contribution in [0.2, 0.25) is 11.1 Å². The van der Waals surface area contributed by atoms with Crippen LogP contribution in [-0.2, 0) is 0 Å². The lowest BCUT2D eigenvalue weighted by Gasteiger charge is -2.33. The maximum Gasteiger partial charge on any atom is 0.256 e. The molecule has 0 radical (unpaired) electrons. The summed E-state index contributed by atoms with van der Waals surface area (Å²) < 4.78 is 0. The standard InChI is InChI=1S/C7H16Cl2Si/c1-5-7(3,4)10(8,9)6-2/h5-6H2,1-4H3. The second kappa shape index (κ2) is 3.46. The average molecular weight is 199 g/mol. The van der Waals surface area contributed by atoms with Crippen molar-refractivity contribution in [2.24, 2.45) is 0 Å². The van der Waals surface area contributed by atoms with E-state index in [2.05, 4.69) is 27.7 Å². The van der Waals surface area contributed by atoms with Crippen LogP contribution in [0.4, 0.5) is 0 Å². The van der Waals surface area contributed by atoms with Crippen LogP contribution in [0.15, 0.2) is 0 Å². The average Bonchev–Trinajstić information content (AvgIpc) is 1.88. The summed E-state index contributed by atoms with van der Waals surface area (Å²) in [7, 11) is 0. The quantitative estimate of drug-likeness (QED) is 0.473. The minimum atomic E-state index is -1.96. The Morgan fingerprint density at radius 1 is 1.20 bits per heavy atom. The van der Waals surface area contributed by atoms with Crippen molar-refractivity contribution in [3.63, 3.8) is 0 Å². The van der Waals surface area contributed by atoms with E-state index < -0.39 is 6.69 Å². The van der Waals surface area contributed by atoms with Crippen molar-refractivity contribution < 1.29 is 0 Å². The van der Waals surface area contributed by atoms with Crippen molar-refractivity contribution in [2.75, 3.05) is 0 Å². The molecule has 3 heteroatoms. The molecule has 0 bridgehead atoms. The summed E-state index contributed by atoms with van der Waals surface area (Å²) in [5.41, 5.74) is 0. The van der Waals surface area contributed by atoms with Crippen molar-refractivity contribution in [1.82, 2.24) is 0 Å². The first-order valence-electron chi connectivity index (χ1n) is 3.75.